The second-order valence-electron chi connectivity index (χ2n) is 16.9. The molecule has 311 valence electrons. The fourth-order valence-electron chi connectivity index (χ4n) is 7.89. The van der Waals surface area contributed by atoms with E-state index in [2.05, 4.69) is 26.8 Å². The average molecular weight is 740 g/mol. The Morgan fingerprint density at radius 3 is 0.679 bits per heavy atom. The summed E-state index contributed by atoms with van der Waals surface area (Å²) < 4.78 is 12.2. The first-order valence-electron chi connectivity index (χ1n) is 24.5. The number of benzene rings is 1. The van der Waals surface area contributed by atoms with Crippen molar-refractivity contribution in [3.05, 3.63) is 30.7 Å². The molecule has 0 spiro atoms. The summed E-state index contributed by atoms with van der Waals surface area (Å²) in [6, 6.07) is 6.14. The summed E-state index contributed by atoms with van der Waals surface area (Å²) >= 11 is 0. The molecule has 0 aromatic heterocycles. The van der Waals surface area contributed by atoms with Crippen LogP contribution < -0.4 is 9.47 Å². The third-order valence-corrected chi connectivity index (χ3v) is 11.5. The molecule has 0 aliphatic heterocycles. The topological polar surface area (TPSA) is 18.5 Å². The van der Waals surface area contributed by atoms with E-state index >= 15 is 0 Å². The van der Waals surface area contributed by atoms with Gasteiger partial charge >= 0.3 is 0 Å². The van der Waals surface area contributed by atoms with Crippen LogP contribution in [0.2, 0.25) is 0 Å². The van der Waals surface area contributed by atoms with Crippen molar-refractivity contribution in [2.45, 2.75) is 271 Å². The van der Waals surface area contributed by atoms with Crippen molar-refractivity contribution in [2.75, 3.05) is 13.2 Å². The van der Waals surface area contributed by atoms with Gasteiger partial charge in [-0.3, -0.25) is 0 Å². The zero-order valence-electron chi connectivity index (χ0n) is 36.5. The highest BCUT2D eigenvalue weighted by Gasteiger charge is 2.03. The van der Waals surface area contributed by atoms with E-state index in [-0.39, 0.29) is 0 Å². The molecule has 0 unspecified atom stereocenters. The van der Waals surface area contributed by atoms with E-state index < -0.39 is 0 Å². The standard InChI is InChI=1S/C51H95O2/c1-4-6-8-10-12-14-16-18-20-22-24-26-28-30-32-34-36-38-40-42-44-52-50-46-49(3)47-51(48-50)53-45-43-41-39-37-35-33-31-29-27-25-23-21-19-17-15-13-11-9-7-5-2/h46-48H,3-45H2,1-2H3. The first kappa shape index (κ1) is 49.8. The Balaban J connectivity index is 1.84. The molecule has 1 aromatic carbocycles. The summed E-state index contributed by atoms with van der Waals surface area (Å²) in [5, 5.41) is 0. The molecule has 0 N–H and O–H groups in total. The summed E-state index contributed by atoms with van der Waals surface area (Å²) in [6.07, 6.45) is 56.5. The first-order valence-corrected chi connectivity index (χ1v) is 24.5. The number of hydrogen-bond acceptors (Lipinski definition) is 2. The molecule has 1 rings (SSSR count). The highest BCUT2D eigenvalue weighted by molar-refractivity contribution is 5.39. The highest BCUT2D eigenvalue weighted by atomic mass is 16.5. The van der Waals surface area contributed by atoms with Crippen LogP contribution >= 0.6 is 0 Å². The fraction of sp³-hybridized carbons (Fsp3) is 0.863. The molecule has 0 saturated carbocycles. The average Bonchev–Trinajstić information content (AvgIpc) is 3.16. The maximum Gasteiger partial charge on any atom is 0.123 e. The Bertz CT molecular complexity index is 769. The van der Waals surface area contributed by atoms with E-state index in [0.717, 1.165) is 43.1 Å². The van der Waals surface area contributed by atoms with E-state index in [1.807, 2.05) is 12.1 Å². The molecule has 0 fully saturated rings. The summed E-state index contributed by atoms with van der Waals surface area (Å²) in [7, 11) is 0. The minimum absolute atomic E-state index is 0.793. The quantitative estimate of drug-likeness (QED) is 0.0621. The van der Waals surface area contributed by atoms with Crippen LogP contribution in [0.3, 0.4) is 0 Å². The van der Waals surface area contributed by atoms with Crippen molar-refractivity contribution in [1.29, 1.82) is 0 Å². The van der Waals surface area contributed by atoms with Gasteiger partial charge in [0, 0.05) is 6.07 Å². The van der Waals surface area contributed by atoms with Gasteiger partial charge in [0.25, 0.3) is 0 Å². The smallest absolute Gasteiger partial charge is 0.123 e. The van der Waals surface area contributed by atoms with E-state index in [1.54, 1.807) is 0 Å². The Hall–Kier alpha value is -1.18. The van der Waals surface area contributed by atoms with Gasteiger partial charge in [0.05, 0.1) is 13.2 Å². The Labute approximate surface area is 334 Å². The fourth-order valence-corrected chi connectivity index (χ4v) is 7.89. The lowest BCUT2D eigenvalue weighted by Crippen LogP contribution is -2.00. The van der Waals surface area contributed by atoms with Gasteiger partial charge in [-0.2, -0.15) is 0 Å². The van der Waals surface area contributed by atoms with E-state index in [1.165, 1.54) is 244 Å². The SMILES string of the molecule is [CH2]c1cc(OCCCCCCCCCCCCCCCCCCCCCC)cc(OCCCCCCCCCCCCCCCCCCCCCC)c1. The monoisotopic (exact) mass is 740 g/mol. The van der Waals surface area contributed by atoms with Crippen molar-refractivity contribution < 1.29 is 9.47 Å². The molecule has 0 saturated heterocycles. The minimum Gasteiger partial charge on any atom is -0.493 e. The predicted octanol–water partition coefficient (Wildman–Crippen LogP) is 18.3. The van der Waals surface area contributed by atoms with Crippen LogP contribution in [0.4, 0.5) is 0 Å². The van der Waals surface area contributed by atoms with Crippen molar-refractivity contribution in [3.8, 4) is 11.5 Å². The van der Waals surface area contributed by atoms with Crippen molar-refractivity contribution in [2.24, 2.45) is 0 Å². The molecule has 0 aliphatic rings. The number of ether oxygens (including phenoxy) is 2. The van der Waals surface area contributed by atoms with Crippen LogP contribution in [0.5, 0.6) is 11.5 Å². The summed E-state index contributed by atoms with van der Waals surface area (Å²) in [4.78, 5) is 0. The number of unbranched alkanes of at least 4 members (excludes halogenated alkanes) is 38. The maximum atomic E-state index is 6.09. The Morgan fingerprint density at radius 1 is 0.283 bits per heavy atom. The van der Waals surface area contributed by atoms with Gasteiger partial charge in [-0.15, -0.1) is 0 Å². The molecule has 1 radical (unpaired) electrons. The van der Waals surface area contributed by atoms with Crippen LogP contribution in [0.1, 0.15) is 276 Å². The normalized spacial score (nSPS) is 11.5. The number of hydrogen-bond donors (Lipinski definition) is 0. The lowest BCUT2D eigenvalue weighted by molar-refractivity contribution is 0.289. The second-order valence-corrected chi connectivity index (χ2v) is 16.9. The van der Waals surface area contributed by atoms with Crippen LogP contribution in [0.15, 0.2) is 18.2 Å². The highest BCUT2D eigenvalue weighted by Crippen LogP contribution is 2.24. The second kappa shape index (κ2) is 42.0. The van der Waals surface area contributed by atoms with Crippen molar-refractivity contribution in [1.82, 2.24) is 0 Å². The third kappa shape index (κ3) is 37.5. The van der Waals surface area contributed by atoms with Crippen molar-refractivity contribution >= 4 is 0 Å². The molecular formula is C51H95O2. The summed E-state index contributed by atoms with van der Waals surface area (Å²) in [5.41, 5.74) is 0.976. The predicted molar refractivity (Wildman–Crippen MR) is 238 cm³/mol. The van der Waals surface area contributed by atoms with E-state index in [0.29, 0.717) is 0 Å². The van der Waals surface area contributed by atoms with Crippen molar-refractivity contribution in [3.63, 3.8) is 0 Å². The van der Waals surface area contributed by atoms with Gasteiger partial charge in [0.1, 0.15) is 11.5 Å². The lowest BCUT2D eigenvalue weighted by atomic mass is 10.0. The molecule has 2 heteroatoms. The first-order chi connectivity index (χ1) is 26.3. The van der Waals surface area contributed by atoms with Gasteiger partial charge in [0.2, 0.25) is 0 Å². The third-order valence-electron chi connectivity index (χ3n) is 11.5. The van der Waals surface area contributed by atoms with E-state index in [4.69, 9.17) is 9.47 Å². The zero-order chi connectivity index (χ0) is 38.0. The molecule has 0 bridgehead atoms. The van der Waals surface area contributed by atoms with Gasteiger partial charge in [0.15, 0.2) is 0 Å². The molecule has 0 amide bonds. The minimum atomic E-state index is 0.793. The zero-order valence-corrected chi connectivity index (χ0v) is 36.5. The molecule has 0 atom stereocenters. The maximum absolute atomic E-state index is 6.09. The molecule has 1 aromatic rings. The largest absolute Gasteiger partial charge is 0.493 e. The summed E-state index contributed by atoms with van der Waals surface area (Å²) in [5.74, 6) is 1.82. The van der Waals surface area contributed by atoms with Gasteiger partial charge in [-0.25, -0.2) is 0 Å². The molecule has 0 aliphatic carbocycles. The molecule has 0 heterocycles. The van der Waals surface area contributed by atoms with Crippen LogP contribution in [-0.2, 0) is 0 Å². The summed E-state index contributed by atoms with van der Waals surface area (Å²) in [6.45, 7) is 10.3. The Morgan fingerprint density at radius 2 is 0.472 bits per heavy atom. The molecule has 53 heavy (non-hydrogen) atoms. The van der Waals surface area contributed by atoms with E-state index in [9.17, 15) is 0 Å². The molecular weight excluding hydrogens is 645 g/mol. The van der Waals surface area contributed by atoms with Crippen LogP contribution in [-0.4, -0.2) is 13.2 Å². The van der Waals surface area contributed by atoms with Gasteiger partial charge in [-0.1, -0.05) is 258 Å². The lowest BCUT2D eigenvalue weighted by Gasteiger charge is -2.11. The molecule has 2 nitrogen and oxygen atoms in total. The van der Waals surface area contributed by atoms with Gasteiger partial charge in [-0.05, 0) is 37.5 Å². The Kier molecular flexibility index (Phi) is 39.5. The number of rotatable bonds is 44. The van der Waals surface area contributed by atoms with Crippen LogP contribution in [0.25, 0.3) is 0 Å². The van der Waals surface area contributed by atoms with Gasteiger partial charge < -0.3 is 9.47 Å². The van der Waals surface area contributed by atoms with Crippen LogP contribution in [0, 0.1) is 6.92 Å².